The molecule has 1 aromatic carbocycles. The molecule has 7 nitrogen and oxygen atoms in total. The van der Waals surface area contributed by atoms with Gasteiger partial charge in [0.2, 0.25) is 0 Å². The van der Waals surface area contributed by atoms with Crippen LogP contribution >= 0.6 is 0 Å². The number of nitrogens with zero attached hydrogens (tertiary/aromatic N) is 5. The van der Waals surface area contributed by atoms with E-state index in [1.807, 2.05) is 43.3 Å². The van der Waals surface area contributed by atoms with E-state index < -0.39 is 0 Å². The molecule has 0 bridgehead atoms. The fourth-order valence-corrected chi connectivity index (χ4v) is 2.80. The van der Waals surface area contributed by atoms with Gasteiger partial charge in [0.25, 0.3) is 0 Å². The molecule has 0 aliphatic carbocycles. The van der Waals surface area contributed by atoms with E-state index in [0.717, 1.165) is 28.4 Å². The van der Waals surface area contributed by atoms with Gasteiger partial charge in [-0.2, -0.15) is 5.10 Å². The number of hydrogen-bond donors (Lipinski definition) is 0. The third kappa shape index (κ3) is 2.44. The highest BCUT2D eigenvalue weighted by molar-refractivity contribution is 5.86. The van der Waals surface area contributed by atoms with Gasteiger partial charge in [-0.1, -0.05) is 12.1 Å². The molecule has 1 unspecified atom stereocenters. The summed E-state index contributed by atoms with van der Waals surface area (Å²) in [6, 6.07) is 7.72. The molecule has 0 saturated carbocycles. The molecule has 4 rings (SSSR count). The summed E-state index contributed by atoms with van der Waals surface area (Å²) in [5.41, 5.74) is 0.813. The maximum atomic E-state index is 6.01. The van der Waals surface area contributed by atoms with E-state index in [1.54, 1.807) is 17.2 Å². The third-order valence-corrected chi connectivity index (χ3v) is 3.92. The number of aromatic nitrogens is 4. The Balaban J connectivity index is 1.55. The topological polar surface area (TPSA) is 65.3 Å². The molecular formula is C16H17N5O2. The summed E-state index contributed by atoms with van der Waals surface area (Å²) in [5.74, 6) is 2.42. The van der Waals surface area contributed by atoms with Crippen molar-refractivity contribution in [1.82, 2.24) is 19.7 Å². The second kappa shape index (κ2) is 5.42. The van der Waals surface area contributed by atoms with Crippen LogP contribution in [0.3, 0.4) is 0 Å². The van der Waals surface area contributed by atoms with Crippen LogP contribution < -0.4 is 14.4 Å². The van der Waals surface area contributed by atoms with Gasteiger partial charge in [-0.05, 0) is 12.1 Å². The van der Waals surface area contributed by atoms with Crippen molar-refractivity contribution in [2.75, 3.05) is 25.1 Å². The van der Waals surface area contributed by atoms with Gasteiger partial charge in [0.1, 0.15) is 18.8 Å². The number of ether oxygens (including phenoxy) is 2. The minimum Gasteiger partial charge on any atom is -0.486 e. The molecule has 1 aliphatic rings. The molecule has 23 heavy (non-hydrogen) atoms. The first kappa shape index (κ1) is 13.8. The molecule has 1 atom stereocenters. The highest BCUT2D eigenvalue weighted by Gasteiger charge is 2.23. The summed E-state index contributed by atoms with van der Waals surface area (Å²) < 4.78 is 13.5. The van der Waals surface area contributed by atoms with E-state index >= 15 is 0 Å². The Hall–Kier alpha value is -2.83. The van der Waals surface area contributed by atoms with Crippen LogP contribution in [0.15, 0.2) is 36.8 Å². The zero-order valence-corrected chi connectivity index (χ0v) is 13.0. The number of aryl methyl sites for hydroxylation is 1. The molecule has 0 N–H and O–H groups in total. The summed E-state index contributed by atoms with van der Waals surface area (Å²) in [4.78, 5) is 10.7. The number of anilines is 1. The lowest BCUT2D eigenvalue weighted by molar-refractivity contribution is 0.0960. The van der Waals surface area contributed by atoms with Crippen LogP contribution in [0, 0.1) is 0 Å². The number of likely N-dealkylation sites (N-methyl/N-ethyl adjacent to an activating group) is 1. The Morgan fingerprint density at radius 3 is 2.96 bits per heavy atom. The molecule has 3 heterocycles. The summed E-state index contributed by atoms with van der Waals surface area (Å²) in [7, 11) is 3.85. The normalized spacial score (nSPS) is 16.5. The van der Waals surface area contributed by atoms with Crippen LogP contribution in [-0.4, -0.2) is 46.1 Å². The molecule has 0 fully saturated rings. The minimum absolute atomic E-state index is 0.0587. The number of benzene rings is 1. The van der Waals surface area contributed by atoms with Gasteiger partial charge in [0, 0.05) is 14.1 Å². The maximum Gasteiger partial charge on any atom is 0.163 e. The largest absolute Gasteiger partial charge is 0.486 e. The van der Waals surface area contributed by atoms with Crippen LogP contribution in [0.25, 0.3) is 11.0 Å². The first-order valence-electron chi connectivity index (χ1n) is 7.44. The van der Waals surface area contributed by atoms with Gasteiger partial charge in [0.15, 0.2) is 23.3 Å². The molecule has 0 radical (unpaired) electrons. The Kier molecular flexibility index (Phi) is 3.25. The monoisotopic (exact) mass is 311 g/mol. The van der Waals surface area contributed by atoms with Crippen molar-refractivity contribution < 1.29 is 9.47 Å². The van der Waals surface area contributed by atoms with Gasteiger partial charge in [-0.15, -0.1) is 0 Å². The smallest absolute Gasteiger partial charge is 0.163 e. The Morgan fingerprint density at radius 1 is 1.26 bits per heavy atom. The van der Waals surface area contributed by atoms with Gasteiger partial charge in [0.05, 0.1) is 18.1 Å². The fraction of sp³-hybridized carbons (Fsp3) is 0.312. The summed E-state index contributed by atoms with van der Waals surface area (Å²) in [6.45, 7) is 1.18. The first-order chi connectivity index (χ1) is 11.2. The lowest BCUT2D eigenvalue weighted by atomic mass is 10.2. The zero-order valence-electron chi connectivity index (χ0n) is 13.0. The lowest BCUT2D eigenvalue weighted by Gasteiger charge is -2.30. The molecule has 0 spiro atoms. The number of fused-ring (bicyclic) bond motifs is 2. The summed E-state index contributed by atoms with van der Waals surface area (Å²) in [5, 5.41) is 5.17. The van der Waals surface area contributed by atoms with Crippen LogP contribution in [0.4, 0.5) is 5.82 Å². The summed E-state index contributed by atoms with van der Waals surface area (Å²) in [6.07, 6.45) is 3.29. The molecule has 7 heteroatoms. The zero-order chi connectivity index (χ0) is 15.8. The van der Waals surface area contributed by atoms with Crippen molar-refractivity contribution >= 4 is 16.9 Å². The quantitative estimate of drug-likeness (QED) is 0.732. The molecule has 3 aromatic rings. The van der Waals surface area contributed by atoms with Crippen molar-refractivity contribution in [3.8, 4) is 11.5 Å². The van der Waals surface area contributed by atoms with Crippen LogP contribution in [0.5, 0.6) is 11.5 Å². The number of para-hydroxylation sites is 2. The van der Waals surface area contributed by atoms with Crippen molar-refractivity contribution in [2.24, 2.45) is 7.05 Å². The average molecular weight is 311 g/mol. The van der Waals surface area contributed by atoms with E-state index in [9.17, 15) is 0 Å². The first-order valence-corrected chi connectivity index (χ1v) is 7.44. The van der Waals surface area contributed by atoms with Gasteiger partial charge in [-0.3, -0.25) is 4.68 Å². The predicted octanol–water partition coefficient (Wildman–Crippen LogP) is 1.64. The Bertz CT molecular complexity index is 847. The lowest BCUT2D eigenvalue weighted by Crippen LogP contribution is -2.39. The standard InChI is InChI=1S/C16H17N5O2/c1-20(15-12-7-19-21(2)16(12)18-10-17-15)8-11-9-22-13-5-3-4-6-14(13)23-11/h3-7,10-11H,8-9H2,1-2H3. The molecule has 118 valence electrons. The predicted molar refractivity (Wildman–Crippen MR) is 85.9 cm³/mol. The van der Waals surface area contributed by atoms with E-state index in [2.05, 4.69) is 15.1 Å². The fourth-order valence-electron chi connectivity index (χ4n) is 2.80. The Morgan fingerprint density at radius 2 is 2.09 bits per heavy atom. The molecule has 0 saturated heterocycles. The van der Waals surface area contributed by atoms with Crippen LogP contribution in [0.1, 0.15) is 0 Å². The van der Waals surface area contributed by atoms with Gasteiger partial charge < -0.3 is 14.4 Å². The van der Waals surface area contributed by atoms with Gasteiger partial charge >= 0.3 is 0 Å². The van der Waals surface area contributed by atoms with E-state index in [0.29, 0.717) is 13.2 Å². The van der Waals surface area contributed by atoms with Crippen molar-refractivity contribution in [3.63, 3.8) is 0 Å². The van der Waals surface area contributed by atoms with E-state index in [-0.39, 0.29) is 6.10 Å². The number of rotatable bonds is 3. The van der Waals surface area contributed by atoms with Crippen molar-refractivity contribution in [2.45, 2.75) is 6.10 Å². The van der Waals surface area contributed by atoms with Crippen LogP contribution in [-0.2, 0) is 7.05 Å². The Labute approximate surface area is 133 Å². The summed E-state index contributed by atoms with van der Waals surface area (Å²) >= 11 is 0. The second-order valence-corrected chi connectivity index (χ2v) is 5.58. The van der Waals surface area contributed by atoms with E-state index in [4.69, 9.17) is 9.47 Å². The molecule has 2 aromatic heterocycles. The number of hydrogen-bond acceptors (Lipinski definition) is 6. The highest BCUT2D eigenvalue weighted by atomic mass is 16.6. The maximum absolute atomic E-state index is 6.01. The van der Waals surface area contributed by atoms with Crippen molar-refractivity contribution in [1.29, 1.82) is 0 Å². The van der Waals surface area contributed by atoms with Crippen molar-refractivity contribution in [3.05, 3.63) is 36.8 Å². The van der Waals surface area contributed by atoms with E-state index in [1.165, 1.54) is 0 Å². The second-order valence-electron chi connectivity index (χ2n) is 5.58. The van der Waals surface area contributed by atoms with Gasteiger partial charge in [-0.25, -0.2) is 9.97 Å². The van der Waals surface area contributed by atoms with Crippen LogP contribution in [0.2, 0.25) is 0 Å². The molecule has 1 aliphatic heterocycles. The minimum atomic E-state index is -0.0587. The average Bonchev–Trinajstić information content (AvgIpc) is 2.96. The highest BCUT2D eigenvalue weighted by Crippen LogP contribution is 2.31. The molecule has 0 amide bonds. The third-order valence-electron chi connectivity index (χ3n) is 3.92. The molecular weight excluding hydrogens is 294 g/mol. The SMILES string of the molecule is CN(CC1COc2ccccc2O1)c1ncnc2c1cnn2C.